The molecule has 0 saturated carbocycles. The Morgan fingerprint density at radius 2 is 2.10 bits per heavy atom. The number of nitrogens with two attached hydrogens (primary N) is 1. The van der Waals surface area contributed by atoms with Gasteiger partial charge in [0.15, 0.2) is 0 Å². The number of likely N-dealkylation sites (N-methyl/N-ethyl adjacent to an activating group) is 1. The van der Waals surface area contributed by atoms with Gasteiger partial charge in [0, 0.05) is 18.4 Å². The van der Waals surface area contributed by atoms with Gasteiger partial charge in [-0.1, -0.05) is 17.7 Å². The minimum Gasteiger partial charge on any atom is -0.319 e. The highest BCUT2D eigenvalue weighted by Crippen LogP contribution is 2.26. The van der Waals surface area contributed by atoms with Gasteiger partial charge in [-0.15, -0.1) is 0 Å². The molecule has 0 saturated heterocycles. The van der Waals surface area contributed by atoms with Crippen LogP contribution in [0.15, 0.2) is 24.5 Å². The second-order valence-electron chi connectivity index (χ2n) is 5.11. The molecule has 0 amide bonds. The van der Waals surface area contributed by atoms with E-state index in [1.54, 1.807) is 12.4 Å². The van der Waals surface area contributed by atoms with Crippen molar-refractivity contribution in [1.82, 2.24) is 19.7 Å². The lowest BCUT2D eigenvalue weighted by molar-refractivity contribution is 0.368. The van der Waals surface area contributed by atoms with E-state index in [1.807, 2.05) is 37.8 Å². The highest BCUT2D eigenvalue weighted by Gasteiger charge is 2.18. The molecule has 0 radical (unpaired) electrons. The summed E-state index contributed by atoms with van der Waals surface area (Å²) >= 11 is 6.24. The molecule has 2 rings (SSSR count). The second kappa shape index (κ2) is 6.35. The smallest absolute Gasteiger partial charge is 0.0837 e. The molecule has 108 valence electrons. The van der Waals surface area contributed by atoms with Crippen molar-refractivity contribution in [3.8, 4) is 0 Å². The molecule has 2 heterocycles. The molecule has 0 aliphatic carbocycles. The zero-order valence-corrected chi connectivity index (χ0v) is 12.8. The third kappa shape index (κ3) is 3.36. The zero-order valence-electron chi connectivity index (χ0n) is 12.0. The van der Waals surface area contributed by atoms with Crippen LogP contribution in [-0.2, 0) is 6.54 Å². The van der Waals surface area contributed by atoms with Crippen LogP contribution in [0.3, 0.4) is 0 Å². The van der Waals surface area contributed by atoms with Gasteiger partial charge < -0.3 is 10.6 Å². The topological polar surface area (TPSA) is 60.0 Å². The lowest BCUT2D eigenvalue weighted by atomic mass is 10.1. The monoisotopic (exact) mass is 293 g/mol. The number of aryl methyl sites for hydroxylation is 1. The Morgan fingerprint density at radius 3 is 2.70 bits per heavy atom. The van der Waals surface area contributed by atoms with E-state index < -0.39 is 0 Å². The van der Waals surface area contributed by atoms with Gasteiger partial charge in [0.2, 0.25) is 0 Å². The third-order valence-corrected chi connectivity index (χ3v) is 3.47. The molecule has 2 aromatic heterocycles. The number of pyridine rings is 1. The molecule has 1 unspecified atom stereocenters. The maximum atomic E-state index is 6.32. The van der Waals surface area contributed by atoms with Crippen LogP contribution in [0.25, 0.3) is 0 Å². The molecule has 0 fully saturated rings. The summed E-state index contributed by atoms with van der Waals surface area (Å²) in [5.41, 5.74) is 9.05. The number of hydrogen-bond donors (Lipinski definition) is 1. The molecular formula is C14H20ClN5. The maximum Gasteiger partial charge on any atom is 0.0837 e. The second-order valence-corrected chi connectivity index (χ2v) is 5.52. The van der Waals surface area contributed by atoms with Crippen LogP contribution in [0.5, 0.6) is 0 Å². The van der Waals surface area contributed by atoms with E-state index in [1.165, 1.54) is 0 Å². The minimum absolute atomic E-state index is 0.319. The Morgan fingerprint density at radius 1 is 1.35 bits per heavy atom. The quantitative estimate of drug-likeness (QED) is 0.914. The summed E-state index contributed by atoms with van der Waals surface area (Å²) in [7, 11) is 4.04. The molecule has 0 bridgehead atoms. The molecule has 1 atom stereocenters. The first-order chi connectivity index (χ1) is 9.49. The lowest BCUT2D eigenvalue weighted by Crippen LogP contribution is -2.23. The summed E-state index contributed by atoms with van der Waals surface area (Å²) in [5.74, 6) is 0. The molecule has 0 aromatic carbocycles. The van der Waals surface area contributed by atoms with E-state index in [9.17, 15) is 0 Å². The molecule has 0 aliphatic rings. The lowest BCUT2D eigenvalue weighted by Gasteiger charge is -2.17. The van der Waals surface area contributed by atoms with Crippen molar-refractivity contribution in [3.63, 3.8) is 0 Å². The Kier molecular flexibility index (Phi) is 4.75. The van der Waals surface area contributed by atoms with Gasteiger partial charge >= 0.3 is 0 Å². The first-order valence-corrected chi connectivity index (χ1v) is 6.91. The Bertz CT molecular complexity index is 561. The Hall–Kier alpha value is -1.43. The molecule has 0 aliphatic heterocycles. The van der Waals surface area contributed by atoms with Crippen LogP contribution < -0.4 is 5.73 Å². The van der Waals surface area contributed by atoms with Gasteiger partial charge in [0.05, 0.1) is 29.5 Å². The van der Waals surface area contributed by atoms with Crippen molar-refractivity contribution in [2.45, 2.75) is 19.5 Å². The average Bonchev–Trinajstić information content (AvgIpc) is 2.77. The first-order valence-electron chi connectivity index (χ1n) is 6.53. The fraction of sp³-hybridized carbons (Fsp3) is 0.429. The van der Waals surface area contributed by atoms with Gasteiger partial charge in [-0.2, -0.15) is 5.10 Å². The summed E-state index contributed by atoms with van der Waals surface area (Å²) < 4.78 is 1.87. The summed E-state index contributed by atoms with van der Waals surface area (Å²) in [6.07, 6.45) is 3.44. The van der Waals surface area contributed by atoms with Crippen LogP contribution in [0.1, 0.15) is 23.0 Å². The molecule has 6 heteroatoms. The van der Waals surface area contributed by atoms with Gasteiger partial charge in [-0.05, 0) is 32.6 Å². The van der Waals surface area contributed by atoms with Crippen molar-refractivity contribution >= 4 is 11.6 Å². The minimum atomic E-state index is -0.319. The normalized spacial score (nSPS) is 12.9. The largest absolute Gasteiger partial charge is 0.319 e. The zero-order chi connectivity index (χ0) is 14.7. The number of hydrogen-bond acceptors (Lipinski definition) is 4. The van der Waals surface area contributed by atoms with Gasteiger partial charge in [-0.25, -0.2) is 0 Å². The van der Waals surface area contributed by atoms with E-state index in [0.717, 1.165) is 30.0 Å². The van der Waals surface area contributed by atoms with E-state index in [2.05, 4.69) is 15.0 Å². The van der Waals surface area contributed by atoms with Gasteiger partial charge in [-0.3, -0.25) is 9.67 Å². The van der Waals surface area contributed by atoms with E-state index in [0.29, 0.717) is 5.02 Å². The molecule has 0 spiro atoms. The fourth-order valence-electron chi connectivity index (χ4n) is 1.98. The van der Waals surface area contributed by atoms with Crippen LogP contribution in [0, 0.1) is 6.92 Å². The highest BCUT2D eigenvalue weighted by atomic mass is 35.5. The number of aromatic nitrogens is 3. The predicted octanol–water partition coefficient (Wildman–Crippen LogP) is 1.85. The SMILES string of the molecule is Cc1ccc(C(N)c2c(Cl)cnn2CCN(C)C)cn1. The van der Waals surface area contributed by atoms with Crippen LogP contribution in [-0.4, -0.2) is 40.3 Å². The number of halogens is 1. The Balaban J connectivity index is 2.26. The van der Waals surface area contributed by atoms with Crippen LogP contribution in [0.2, 0.25) is 5.02 Å². The highest BCUT2D eigenvalue weighted by molar-refractivity contribution is 6.31. The van der Waals surface area contributed by atoms with E-state index >= 15 is 0 Å². The molecule has 2 N–H and O–H groups in total. The van der Waals surface area contributed by atoms with Crippen LogP contribution >= 0.6 is 11.6 Å². The van der Waals surface area contributed by atoms with Gasteiger partial charge in [0.25, 0.3) is 0 Å². The van der Waals surface area contributed by atoms with Crippen molar-refractivity contribution in [1.29, 1.82) is 0 Å². The fourth-order valence-corrected chi connectivity index (χ4v) is 2.23. The summed E-state index contributed by atoms with van der Waals surface area (Å²) in [6, 6.07) is 3.61. The van der Waals surface area contributed by atoms with Gasteiger partial charge in [0.1, 0.15) is 0 Å². The maximum absolute atomic E-state index is 6.32. The summed E-state index contributed by atoms with van der Waals surface area (Å²) in [6.45, 7) is 3.58. The number of rotatable bonds is 5. The van der Waals surface area contributed by atoms with E-state index in [4.69, 9.17) is 17.3 Å². The molecule has 5 nitrogen and oxygen atoms in total. The summed E-state index contributed by atoms with van der Waals surface area (Å²) in [4.78, 5) is 6.38. The van der Waals surface area contributed by atoms with Crippen molar-refractivity contribution in [2.24, 2.45) is 5.73 Å². The number of nitrogens with zero attached hydrogens (tertiary/aromatic N) is 4. The standard InChI is InChI=1S/C14H20ClN5/c1-10-4-5-11(8-17-10)13(16)14-12(15)9-18-20(14)7-6-19(2)3/h4-5,8-9,13H,6-7,16H2,1-3H3. The predicted molar refractivity (Wildman–Crippen MR) is 80.8 cm³/mol. The van der Waals surface area contributed by atoms with Crippen molar-refractivity contribution in [2.75, 3.05) is 20.6 Å². The molecule has 2 aromatic rings. The molecular weight excluding hydrogens is 274 g/mol. The first kappa shape index (κ1) is 15.0. The molecule has 20 heavy (non-hydrogen) atoms. The van der Waals surface area contributed by atoms with Crippen LogP contribution in [0.4, 0.5) is 0 Å². The average molecular weight is 294 g/mol. The Labute approximate surface area is 124 Å². The van der Waals surface area contributed by atoms with Crippen molar-refractivity contribution in [3.05, 3.63) is 46.5 Å². The van der Waals surface area contributed by atoms with E-state index in [-0.39, 0.29) is 6.04 Å². The third-order valence-electron chi connectivity index (χ3n) is 3.18. The summed E-state index contributed by atoms with van der Waals surface area (Å²) in [5, 5.41) is 4.90. The van der Waals surface area contributed by atoms with Crippen molar-refractivity contribution < 1.29 is 0 Å².